The molecule has 0 spiro atoms. The lowest BCUT2D eigenvalue weighted by atomic mass is 10.2. The van der Waals surface area contributed by atoms with E-state index in [1.165, 1.54) is 18.4 Å². The number of methoxy groups -OCH3 is 1. The van der Waals surface area contributed by atoms with E-state index in [0.29, 0.717) is 22.9 Å². The van der Waals surface area contributed by atoms with E-state index in [2.05, 4.69) is 10.6 Å². The first-order valence-electron chi connectivity index (χ1n) is 8.94. The number of nitrogens with one attached hydrogen (secondary N) is 2. The Balaban J connectivity index is 1.87. The molecule has 2 amide bonds. The Kier molecular flexibility index (Phi) is 6.16. The summed E-state index contributed by atoms with van der Waals surface area (Å²) in [5.74, 6) is 0.0655. The van der Waals surface area contributed by atoms with Gasteiger partial charge in [0.15, 0.2) is 10.6 Å². The van der Waals surface area contributed by atoms with E-state index in [9.17, 15) is 9.59 Å². The molecule has 0 aliphatic carbocycles. The maximum Gasteiger partial charge on any atom is 0.351 e. The summed E-state index contributed by atoms with van der Waals surface area (Å²) in [4.78, 5) is 24.9. The van der Waals surface area contributed by atoms with Crippen LogP contribution in [0.15, 0.2) is 42.5 Å². The Hall–Kier alpha value is -3.06. The fourth-order valence-electron chi connectivity index (χ4n) is 2.73. The van der Waals surface area contributed by atoms with Gasteiger partial charge in [0.05, 0.1) is 13.7 Å². The van der Waals surface area contributed by atoms with Crippen molar-refractivity contribution in [3.63, 3.8) is 0 Å². The second-order valence-corrected chi connectivity index (χ2v) is 7.26. The van der Waals surface area contributed by atoms with Gasteiger partial charge in [-0.2, -0.15) is 0 Å². The van der Waals surface area contributed by atoms with Crippen molar-refractivity contribution in [3.05, 3.63) is 52.9 Å². The zero-order valence-electron chi connectivity index (χ0n) is 16.0. The van der Waals surface area contributed by atoms with Crippen molar-refractivity contribution in [3.8, 4) is 5.75 Å². The monoisotopic (exact) mass is 398 g/mol. The van der Waals surface area contributed by atoms with E-state index in [0.717, 1.165) is 27.8 Å². The largest absolute Gasteiger partial charge is 0.491 e. The predicted octanol–water partition coefficient (Wildman–Crippen LogP) is 5.43. The number of hydrogen-bond donors (Lipinski definition) is 2. The normalized spacial score (nSPS) is 10.5. The van der Waals surface area contributed by atoms with Crippen molar-refractivity contribution in [1.82, 2.24) is 0 Å². The van der Waals surface area contributed by atoms with Gasteiger partial charge in [-0.05, 0) is 43.2 Å². The summed E-state index contributed by atoms with van der Waals surface area (Å²) in [7, 11) is 1.35. The molecule has 2 aromatic carbocycles. The second-order valence-electron chi connectivity index (χ2n) is 6.21. The Bertz CT molecular complexity index is 1010. The van der Waals surface area contributed by atoms with E-state index in [1.807, 2.05) is 44.2 Å². The highest BCUT2D eigenvalue weighted by atomic mass is 32.1. The summed E-state index contributed by atoms with van der Waals surface area (Å²) in [6.07, 6.45) is 0.814. The standard InChI is InChI=1S/C21H22N2O4S/c1-4-11-27-18-15-12-14(9-10-17(15)28-19(18)20(24)26-3)22-21(25)23-16-8-6-5-7-13(16)2/h5-10,12H,4,11H2,1-3H3,(H2,22,23,25). The van der Waals surface area contributed by atoms with Gasteiger partial charge in [0.1, 0.15) is 0 Å². The lowest BCUT2D eigenvalue weighted by Gasteiger charge is -2.10. The third-order valence-electron chi connectivity index (χ3n) is 4.11. The molecule has 0 aliphatic heterocycles. The van der Waals surface area contributed by atoms with Gasteiger partial charge in [0, 0.05) is 21.5 Å². The lowest BCUT2D eigenvalue weighted by molar-refractivity contribution is 0.0602. The maximum absolute atomic E-state index is 12.4. The number of para-hydroxylation sites is 1. The Morgan fingerprint density at radius 1 is 1.11 bits per heavy atom. The molecular formula is C21H22N2O4S. The summed E-state index contributed by atoms with van der Waals surface area (Å²) >= 11 is 1.31. The molecule has 1 aromatic heterocycles. The number of ether oxygens (including phenoxy) is 2. The molecule has 0 saturated heterocycles. The SMILES string of the molecule is CCCOc1c(C(=O)OC)sc2ccc(NC(=O)Nc3ccccc3C)cc12. The van der Waals surface area contributed by atoms with Crippen molar-refractivity contribution < 1.29 is 19.1 Å². The number of esters is 1. The number of carbonyl (C=O) groups excluding carboxylic acids is 2. The molecule has 0 unspecified atom stereocenters. The van der Waals surface area contributed by atoms with E-state index in [-0.39, 0.29) is 6.03 Å². The summed E-state index contributed by atoms with van der Waals surface area (Å²) in [6.45, 7) is 4.41. The van der Waals surface area contributed by atoms with E-state index in [4.69, 9.17) is 9.47 Å². The van der Waals surface area contributed by atoms with E-state index in [1.54, 1.807) is 12.1 Å². The fourth-order valence-corrected chi connectivity index (χ4v) is 3.77. The van der Waals surface area contributed by atoms with E-state index < -0.39 is 5.97 Å². The van der Waals surface area contributed by atoms with Crippen LogP contribution in [0.25, 0.3) is 10.1 Å². The molecule has 0 bridgehead atoms. The summed E-state index contributed by atoms with van der Waals surface area (Å²) in [5.41, 5.74) is 2.33. The first-order chi connectivity index (χ1) is 13.5. The van der Waals surface area contributed by atoms with Crippen LogP contribution in [0.2, 0.25) is 0 Å². The number of aryl methyl sites for hydroxylation is 1. The van der Waals surface area contributed by atoms with Gasteiger partial charge in [-0.15, -0.1) is 11.3 Å². The molecule has 0 fully saturated rings. The van der Waals surface area contributed by atoms with Gasteiger partial charge < -0.3 is 20.1 Å². The summed E-state index contributed by atoms with van der Waals surface area (Å²) in [6, 6.07) is 12.7. The topological polar surface area (TPSA) is 76.7 Å². The molecule has 146 valence electrons. The first-order valence-corrected chi connectivity index (χ1v) is 9.76. The molecule has 0 radical (unpaired) electrons. The minimum Gasteiger partial charge on any atom is -0.491 e. The van der Waals surface area contributed by atoms with Crippen molar-refractivity contribution in [2.45, 2.75) is 20.3 Å². The van der Waals surface area contributed by atoms with Crippen LogP contribution >= 0.6 is 11.3 Å². The lowest BCUT2D eigenvalue weighted by Crippen LogP contribution is -2.19. The van der Waals surface area contributed by atoms with Gasteiger partial charge in [0.2, 0.25) is 0 Å². The number of rotatable bonds is 6. The van der Waals surface area contributed by atoms with Gasteiger partial charge in [-0.25, -0.2) is 9.59 Å². The Morgan fingerprint density at radius 2 is 1.89 bits per heavy atom. The highest BCUT2D eigenvalue weighted by Crippen LogP contribution is 2.39. The summed E-state index contributed by atoms with van der Waals surface area (Å²) in [5, 5.41) is 6.43. The number of hydrogen-bond acceptors (Lipinski definition) is 5. The highest BCUT2D eigenvalue weighted by Gasteiger charge is 2.21. The van der Waals surface area contributed by atoms with Crippen LogP contribution in [0, 0.1) is 6.92 Å². The number of fused-ring (bicyclic) bond motifs is 1. The average Bonchev–Trinajstić information content (AvgIpc) is 3.05. The van der Waals surface area contributed by atoms with Crippen molar-refractivity contribution in [2.75, 3.05) is 24.4 Å². The number of anilines is 2. The maximum atomic E-state index is 12.4. The molecule has 0 atom stereocenters. The average molecular weight is 398 g/mol. The molecule has 6 nitrogen and oxygen atoms in total. The highest BCUT2D eigenvalue weighted by molar-refractivity contribution is 7.21. The minimum atomic E-state index is -0.431. The quantitative estimate of drug-likeness (QED) is 0.543. The third-order valence-corrected chi connectivity index (χ3v) is 5.25. The molecule has 3 aromatic rings. The number of amides is 2. The second kappa shape index (κ2) is 8.75. The zero-order valence-corrected chi connectivity index (χ0v) is 16.8. The third kappa shape index (κ3) is 4.26. The van der Waals surface area contributed by atoms with Gasteiger partial charge >= 0.3 is 12.0 Å². The van der Waals surface area contributed by atoms with Crippen LogP contribution in [-0.4, -0.2) is 25.7 Å². The summed E-state index contributed by atoms with van der Waals surface area (Å²) < 4.78 is 11.6. The first kappa shape index (κ1) is 19.7. The molecular weight excluding hydrogens is 376 g/mol. The smallest absolute Gasteiger partial charge is 0.351 e. The fraction of sp³-hybridized carbons (Fsp3) is 0.238. The Morgan fingerprint density at radius 3 is 2.61 bits per heavy atom. The molecule has 0 saturated carbocycles. The van der Waals surface area contributed by atoms with Crippen LogP contribution in [0.4, 0.5) is 16.2 Å². The van der Waals surface area contributed by atoms with Crippen molar-refractivity contribution in [1.29, 1.82) is 0 Å². The number of carbonyl (C=O) groups is 2. The van der Waals surface area contributed by atoms with Crippen LogP contribution in [0.1, 0.15) is 28.6 Å². The number of benzene rings is 2. The van der Waals surface area contributed by atoms with Crippen molar-refractivity contribution in [2.24, 2.45) is 0 Å². The van der Waals surface area contributed by atoms with E-state index >= 15 is 0 Å². The zero-order chi connectivity index (χ0) is 20.1. The number of thiophene rings is 1. The number of urea groups is 1. The van der Waals surface area contributed by atoms with Gasteiger partial charge in [-0.1, -0.05) is 25.1 Å². The molecule has 1 heterocycles. The molecule has 3 rings (SSSR count). The van der Waals surface area contributed by atoms with Crippen LogP contribution in [0.5, 0.6) is 5.75 Å². The van der Waals surface area contributed by atoms with Crippen LogP contribution in [-0.2, 0) is 4.74 Å². The molecule has 0 aliphatic rings. The van der Waals surface area contributed by atoms with Crippen LogP contribution < -0.4 is 15.4 Å². The van der Waals surface area contributed by atoms with Crippen molar-refractivity contribution >= 4 is 44.8 Å². The van der Waals surface area contributed by atoms with Crippen LogP contribution in [0.3, 0.4) is 0 Å². The molecule has 7 heteroatoms. The van der Waals surface area contributed by atoms with Gasteiger partial charge in [0.25, 0.3) is 0 Å². The molecule has 28 heavy (non-hydrogen) atoms. The minimum absolute atomic E-state index is 0.340. The van der Waals surface area contributed by atoms with Gasteiger partial charge in [-0.3, -0.25) is 0 Å². The molecule has 2 N–H and O–H groups in total. The predicted molar refractivity (Wildman–Crippen MR) is 113 cm³/mol. The Labute approximate surface area is 167 Å².